The molecule has 8 heteroatoms. The second kappa shape index (κ2) is 9.75. The van der Waals surface area contributed by atoms with E-state index in [2.05, 4.69) is 42.4 Å². The molecule has 0 heterocycles. The summed E-state index contributed by atoms with van der Waals surface area (Å²) in [6.07, 6.45) is 0. The molecule has 0 saturated heterocycles. The quantitative estimate of drug-likeness (QED) is 0.451. The van der Waals surface area contributed by atoms with E-state index < -0.39 is 0 Å². The molecule has 0 saturated carbocycles. The van der Waals surface area contributed by atoms with Gasteiger partial charge in [0.1, 0.15) is 17.2 Å². The van der Waals surface area contributed by atoms with Crippen LogP contribution in [0.25, 0.3) is 0 Å². The molecule has 2 aromatic rings. The van der Waals surface area contributed by atoms with Crippen molar-refractivity contribution in [1.82, 2.24) is 5.43 Å². The molecular formula is C19H20Br2N2O4. The minimum Gasteiger partial charge on any atom is -0.497 e. The van der Waals surface area contributed by atoms with Crippen LogP contribution in [0.4, 0.5) is 0 Å². The fraction of sp³-hybridized carbons (Fsp3) is 0.263. The summed E-state index contributed by atoms with van der Waals surface area (Å²) in [5.74, 6) is 1.54. The molecule has 2 rings (SSSR count). The predicted molar refractivity (Wildman–Crippen MR) is 112 cm³/mol. The van der Waals surface area contributed by atoms with Gasteiger partial charge in [-0.05, 0) is 59.6 Å². The van der Waals surface area contributed by atoms with Crippen molar-refractivity contribution in [2.45, 2.75) is 13.8 Å². The lowest BCUT2D eigenvalue weighted by Crippen LogP contribution is -2.26. The number of ether oxygens (including phenoxy) is 3. The van der Waals surface area contributed by atoms with Crippen LogP contribution in [0.1, 0.15) is 18.1 Å². The number of nitrogens with one attached hydrogen (secondary N) is 1. The highest BCUT2D eigenvalue weighted by Gasteiger charge is 2.11. The number of carbonyl (C=O) groups excluding carboxylic acids is 1. The van der Waals surface area contributed by atoms with Crippen LogP contribution in [0.3, 0.4) is 0 Å². The summed E-state index contributed by atoms with van der Waals surface area (Å²) in [7, 11) is 3.15. The first-order valence-corrected chi connectivity index (χ1v) is 9.58. The zero-order valence-electron chi connectivity index (χ0n) is 15.4. The molecule has 0 aliphatic heterocycles. The van der Waals surface area contributed by atoms with Crippen LogP contribution in [0.5, 0.6) is 17.2 Å². The van der Waals surface area contributed by atoms with E-state index in [4.69, 9.17) is 14.2 Å². The van der Waals surface area contributed by atoms with Crippen molar-refractivity contribution >= 4 is 43.5 Å². The van der Waals surface area contributed by atoms with Crippen molar-refractivity contribution in [2.75, 3.05) is 20.8 Å². The number of carbonyl (C=O) groups is 1. The number of amides is 1. The van der Waals surface area contributed by atoms with Gasteiger partial charge in [0.05, 0.1) is 24.4 Å². The Kier molecular flexibility index (Phi) is 7.67. The van der Waals surface area contributed by atoms with Crippen LogP contribution in [0.2, 0.25) is 0 Å². The minimum atomic E-state index is -0.365. The smallest absolute Gasteiger partial charge is 0.277 e. The first-order valence-electron chi connectivity index (χ1n) is 7.99. The number of hydrogen-bond donors (Lipinski definition) is 1. The highest BCUT2D eigenvalue weighted by atomic mass is 79.9. The van der Waals surface area contributed by atoms with Crippen molar-refractivity contribution in [3.63, 3.8) is 0 Å². The van der Waals surface area contributed by atoms with Crippen LogP contribution in [-0.2, 0) is 4.79 Å². The van der Waals surface area contributed by atoms with Gasteiger partial charge in [-0.1, -0.05) is 15.9 Å². The molecule has 144 valence electrons. The van der Waals surface area contributed by atoms with Gasteiger partial charge in [0, 0.05) is 16.1 Å². The van der Waals surface area contributed by atoms with E-state index in [-0.39, 0.29) is 12.5 Å². The predicted octanol–water partition coefficient (Wildman–Crippen LogP) is 4.46. The summed E-state index contributed by atoms with van der Waals surface area (Å²) in [5.41, 5.74) is 4.76. The Labute approximate surface area is 175 Å². The Morgan fingerprint density at radius 2 is 1.89 bits per heavy atom. The average molecular weight is 500 g/mol. The van der Waals surface area contributed by atoms with E-state index in [9.17, 15) is 4.79 Å². The summed E-state index contributed by atoms with van der Waals surface area (Å²) in [5, 5.41) is 4.13. The Morgan fingerprint density at radius 1 is 1.15 bits per heavy atom. The van der Waals surface area contributed by atoms with Gasteiger partial charge < -0.3 is 14.2 Å². The van der Waals surface area contributed by atoms with Gasteiger partial charge in [-0.25, -0.2) is 5.43 Å². The van der Waals surface area contributed by atoms with E-state index in [0.29, 0.717) is 23.0 Å². The first kappa shape index (κ1) is 21.2. The van der Waals surface area contributed by atoms with Gasteiger partial charge in [0.2, 0.25) is 0 Å². The maximum absolute atomic E-state index is 12.1. The second-order valence-corrected chi connectivity index (χ2v) is 7.39. The van der Waals surface area contributed by atoms with Gasteiger partial charge in [-0.15, -0.1) is 0 Å². The summed E-state index contributed by atoms with van der Waals surface area (Å²) < 4.78 is 17.8. The van der Waals surface area contributed by atoms with Gasteiger partial charge in [0.15, 0.2) is 6.61 Å². The van der Waals surface area contributed by atoms with Gasteiger partial charge >= 0.3 is 0 Å². The highest BCUT2D eigenvalue weighted by molar-refractivity contribution is 9.11. The van der Waals surface area contributed by atoms with Gasteiger partial charge in [-0.2, -0.15) is 5.10 Å². The molecule has 0 aliphatic carbocycles. The van der Waals surface area contributed by atoms with E-state index >= 15 is 0 Å². The molecular weight excluding hydrogens is 480 g/mol. The van der Waals surface area contributed by atoms with E-state index in [0.717, 1.165) is 20.1 Å². The van der Waals surface area contributed by atoms with Crippen LogP contribution < -0.4 is 19.6 Å². The molecule has 0 fully saturated rings. The molecule has 6 nitrogen and oxygen atoms in total. The second-order valence-electron chi connectivity index (χ2n) is 5.62. The Balaban J connectivity index is 2.02. The molecule has 0 bridgehead atoms. The summed E-state index contributed by atoms with van der Waals surface area (Å²) in [6, 6.07) is 9.15. The van der Waals surface area contributed by atoms with Crippen molar-refractivity contribution in [1.29, 1.82) is 0 Å². The number of nitrogens with zero attached hydrogens (tertiary/aromatic N) is 1. The fourth-order valence-corrected chi connectivity index (χ4v) is 3.90. The van der Waals surface area contributed by atoms with E-state index in [1.165, 1.54) is 0 Å². The molecule has 1 amide bonds. The zero-order valence-corrected chi connectivity index (χ0v) is 18.6. The summed E-state index contributed by atoms with van der Waals surface area (Å²) >= 11 is 6.84. The van der Waals surface area contributed by atoms with Crippen molar-refractivity contribution in [3.05, 3.63) is 50.4 Å². The summed E-state index contributed by atoms with van der Waals surface area (Å²) in [4.78, 5) is 12.1. The molecule has 0 spiro atoms. The largest absolute Gasteiger partial charge is 0.497 e. The van der Waals surface area contributed by atoms with Gasteiger partial charge in [0.25, 0.3) is 5.91 Å². The normalized spacial score (nSPS) is 11.1. The molecule has 1 N–H and O–H groups in total. The van der Waals surface area contributed by atoms with Crippen LogP contribution >= 0.6 is 31.9 Å². The standard InChI is InChI=1S/C19H20Br2N2O4/c1-11-7-13(20)8-16(21)19(11)27-10-18(24)23-22-12(2)15-6-5-14(25-3)9-17(15)26-4/h5-9H,10H2,1-4H3,(H,23,24)/b22-12-. The molecule has 0 unspecified atom stereocenters. The Hall–Kier alpha value is -2.06. The topological polar surface area (TPSA) is 69.2 Å². The number of methoxy groups -OCH3 is 2. The lowest BCUT2D eigenvalue weighted by Gasteiger charge is -2.12. The maximum atomic E-state index is 12.1. The number of aryl methyl sites for hydroxylation is 1. The molecule has 0 aromatic heterocycles. The van der Waals surface area contributed by atoms with E-state index in [1.807, 2.05) is 25.1 Å². The van der Waals surface area contributed by atoms with E-state index in [1.54, 1.807) is 33.3 Å². The monoisotopic (exact) mass is 498 g/mol. The zero-order chi connectivity index (χ0) is 20.0. The number of hydrogen-bond acceptors (Lipinski definition) is 5. The van der Waals surface area contributed by atoms with Crippen molar-refractivity contribution in [3.8, 4) is 17.2 Å². The van der Waals surface area contributed by atoms with Crippen LogP contribution in [0.15, 0.2) is 44.4 Å². The third-order valence-corrected chi connectivity index (χ3v) is 4.74. The first-order chi connectivity index (χ1) is 12.8. The average Bonchev–Trinajstić information content (AvgIpc) is 2.64. The molecule has 0 radical (unpaired) electrons. The summed E-state index contributed by atoms with van der Waals surface area (Å²) in [6.45, 7) is 3.53. The van der Waals surface area contributed by atoms with Crippen LogP contribution in [-0.4, -0.2) is 32.4 Å². The van der Waals surface area contributed by atoms with Crippen molar-refractivity contribution < 1.29 is 19.0 Å². The SMILES string of the molecule is COc1ccc(/C(C)=N\NC(=O)COc2c(C)cc(Br)cc2Br)c(OC)c1. The molecule has 27 heavy (non-hydrogen) atoms. The van der Waals surface area contributed by atoms with Crippen LogP contribution in [0, 0.1) is 6.92 Å². The number of halogens is 2. The fourth-order valence-electron chi connectivity index (χ4n) is 2.35. The van der Waals surface area contributed by atoms with Crippen molar-refractivity contribution in [2.24, 2.45) is 5.10 Å². The maximum Gasteiger partial charge on any atom is 0.277 e. The number of hydrazone groups is 1. The third-order valence-electron chi connectivity index (χ3n) is 3.69. The Bertz CT molecular complexity index is 846. The third kappa shape index (κ3) is 5.71. The lowest BCUT2D eigenvalue weighted by atomic mass is 10.1. The molecule has 2 aromatic carbocycles. The molecule has 0 atom stereocenters. The number of rotatable bonds is 7. The minimum absolute atomic E-state index is 0.155. The lowest BCUT2D eigenvalue weighted by molar-refractivity contribution is -0.123. The van der Waals surface area contributed by atoms with Gasteiger partial charge in [-0.3, -0.25) is 4.79 Å². The number of benzene rings is 2. The highest BCUT2D eigenvalue weighted by Crippen LogP contribution is 2.32. The molecule has 0 aliphatic rings. The Morgan fingerprint density at radius 3 is 2.52 bits per heavy atom.